The molecule has 0 aliphatic carbocycles. The standard InChI is InChI=1S/C25H33N3O3/c1-31-23-12-10-21(11-13-23)19-27-25(30)26-16-6-5-7-20-14-17-28(18-15-20)24(29)22-8-3-2-4-9-22/h2-4,8-13,20H,5-7,14-19H2,1H3,(H2,26,27,30). The Labute approximate surface area is 185 Å². The Bertz CT molecular complexity index is 816. The Morgan fingerprint density at radius 1 is 0.968 bits per heavy atom. The number of hydrogen-bond donors (Lipinski definition) is 2. The third-order valence-electron chi connectivity index (χ3n) is 5.86. The van der Waals surface area contributed by atoms with Crippen molar-refractivity contribution in [2.24, 2.45) is 5.92 Å². The molecule has 0 saturated carbocycles. The lowest BCUT2D eigenvalue weighted by Gasteiger charge is -2.32. The average Bonchev–Trinajstić information content (AvgIpc) is 2.83. The summed E-state index contributed by atoms with van der Waals surface area (Å²) in [6.45, 7) is 2.85. The van der Waals surface area contributed by atoms with Gasteiger partial charge in [-0.3, -0.25) is 4.79 Å². The Balaban J connectivity index is 1.23. The maximum absolute atomic E-state index is 12.5. The molecular weight excluding hydrogens is 390 g/mol. The van der Waals surface area contributed by atoms with Crippen LogP contribution in [0.2, 0.25) is 0 Å². The van der Waals surface area contributed by atoms with Gasteiger partial charge in [0.05, 0.1) is 7.11 Å². The molecule has 6 nitrogen and oxygen atoms in total. The van der Waals surface area contributed by atoms with Gasteiger partial charge in [0.15, 0.2) is 0 Å². The van der Waals surface area contributed by atoms with Crippen LogP contribution in [0.4, 0.5) is 4.79 Å². The van der Waals surface area contributed by atoms with Gasteiger partial charge in [0.1, 0.15) is 5.75 Å². The number of rotatable bonds is 9. The molecule has 1 aliphatic rings. The maximum atomic E-state index is 12.5. The molecule has 1 saturated heterocycles. The van der Waals surface area contributed by atoms with Crippen molar-refractivity contribution in [1.82, 2.24) is 15.5 Å². The van der Waals surface area contributed by atoms with E-state index in [1.807, 2.05) is 59.5 Å². The van der Waals surface area contributed by atoms with Crippen molar-refractivity contribution in [2.45, 2.75) is 38.6 Å². The minimum atomic E-state index is -0.136. The van der Waals surface area contributed by atoms with Crippen molar-refractivity contribution in [3.8, 4) is 5.75 Å². The van der Waals surface area contributed by atoms with Crippen molar-refractivity contribution in [1.29, 1.82) is 0 Å². The number of nitrogens with one attached hydrogen (secondary N) is 2. The molecule has 0 spiro atoms. The maximum Gasteiger partial charge on any atom is 0.315 e. The molecule has 2 N–H and O–H groups in total. The second-order valence-corrected chi connectivity index (χ2v) is 8.05. The first-order valence-electron chi connectivity index (χ1n) is 11.1. The molecule has 2 aromatic rings. The molecule has 0 atom stereocenters. The molecule has 3 rings (SSSR count). The molecule has 1 fully saturated rings. The first-order chi connectivity index (χ1) is 15.2. The minimum Gasteiger partial charge on any atom is -0.497 e. The summed E-state index contributed by atoms with van der Waals surface area (Å²) in [6, 6.07) is 17.0. The number of methoxy groups -OCH3 is 1. The first-order valence-corrected chi connectivity index (χ1v) is 11.1. The Morgan fingerprint density at radius 3 is 2.35 bits per heavy atom. The SMILES string of the molecule is COc1ccc(CNC(=O)NCCCCC2CCN(C(=O)c3ccccc3)CC2)cc1. The number of carbonyl (C=O) groups is 2. The van der Waals surface area contributed by atoms with Crippen LogP contribution in [0.1, 0.15) is 48.0 Å². The van der Waals surface area contributed by atoms with E-state index in [0.717, 1.165) is 62.1 Å². The molecule has 3 amide bonds. The van der Waals surface area contributed by atoms with Crippen LogP contribution in [0.3, 0.4) is 0 Å². The van der Waals surface area contributed by atoms with Gasteiger partial charge in [0.2, 0.25) is 0 Å². The van der Waals surface area contributed by atoms with E-state index in [9.17, 15) is 9.59 Å². The van der Waals surface area contributed by atoms with Crippen molar-refractivity contribution < 1.29 is 14.3 Å². The van der Waals surface area contributed by atoms with Gasteiger partial charge in [-0.25, -0.2) is 4.79 Å². The summed E-state index contributed by atoms with van der Waals surface area (Å²) in [5, 5.41) is 5.80. The van der Waals surface area contributed by atoms with Gasteiger partial charge in [-0.15, -0.1) is 0 Å². The van der Waals surface area contributed by atoms with E-state index in [1.165, 1.54) is 0 Å². The number of hydrogen-bond acceptors (Lipinski definition) is 3. The van der Waals surface area contributed by atoms with Gasteiger partial charge in [-0.2, -0.15) is 0 Å². The van der Waals surface area contributed by atoms with Crippen LogP contribution in [0.15, 0.2) is 54.6 Å². The number of piperidine rings is 1. The number of ether oxygens (including phenoxy) is 1. The fraction of sp³-hybridized carbons (Fsp3) is 0.440. The lowest BCUT2D eigenvalue weighted by atomic mass is 9.91. The number of urea groups is 1. The molecule has 31 heavy (non-hydrogen) atoms. The summed E-state index contributed by atoms with van der Waals surface area (Å²) >= 11 is 0. The molecule has 6 heteroatoms. The van der Waals surface area contributed by atoms with Gasteiger partial charge in [0.25, 0.3) is 5.91 Å². The number of amides is 3. The molecular formula is C25H33N3O3. The average molecular weight is 424 g/mol. The van der Waals surface area contributed by atoms with Gasteiger partial charge >= 0.3 is 6.03 Å². The zero-order valence-corrected chi connectivity index (χ0v) is 18.3. The normalized spacial score (nSPS) is 14.2. The predicted octanol–water partition coefficient (Wildman–Crippen LogP) is 4.22. The molecule has 1 heterocycles. The van der Waals surface area contributed by atoms with Crippen LogP contribution in [0, 0.1) is 5.92 Å². The molecule has 0 unspecified atom stereocenters. The monoisotopic (exact) mass is 423 g/mol. The highest BCUT2D eigenvalue weighted by Crippen LogP contribution is 2.23. The van der Waals surface area contributed by atoms with Gasteiger partial charge in [-0.05, 0) is 55.0 Å². The van der Waals surface area contributed by atoms with Crippen LogP contribution >= 0.6 is 0 Å². The second-order valence-electron chi connectivity index (χ2n) is 8.05. The van der Waals surface area contributed by atoms with Gasteiger partial charge < -0.3 is 20.3 Å². The molecule has 0 aromatic heterocycles. The second kappa shape index (κ2) is 12.0. The molecule has 1 aliphatic heterocycles. The van der Waals surface area contributed by atoms with E-state index in [2.05, 4.69) is 10.6 Å². The third kappa shape index (κ3) is 7.31. The zero-order chi connectivity index (χ0) is 21.9. The van der Waals surface area contributed by atoms with E-state index in [4.69, 9.17) is 4.74 Å². The number of carbonyl (C=O) groups excluding carboxylic acids is 2. The molecule has 0 bridgehead atoms. The van der Waals surface area contributed by atoms with E-state index >= 15 is 0 Å². The molecule has 0 radical (unpaired) electrons. The lowest BCUT2D eigenvalue weighted by molar-refractivity contribution is 0.0686. The van der Waals surface area contributed by atoms with Crippen LogP contribution in [-0.2, 0) is 6.54 Å². The van der Waals surface area contributed by atoms with Crippen LogP contribution in [-0.4, -0.2) is 43.6 Å². The van der Waals surface area contributed by atoms with Crippen molar-refractivity contribution in [3.63, 3.8) is 0 Å². The quantitative estimate of drug-likeness (QED) is 0.594. The van der Waals surface area contributed by atoms with E-state index in [-0.39, 0.29) is 11.9 Å². The third-order valence-corrected chi connectivity index (χ3v) is 5.86. The summed E-state index contributed by atoms with van der Waals surface area (Å²) in [5.74, 6) is 1.62. The van der Waals surface area contributed by atoms with Gasteiger partial charge in [0, 0.05) is 31.7 Å². The molecule has 166 valence electrons. The van der Waals surface area contributed by atoms with E-state index in [1.54, 1.807) is 7.11 Å². The molecule has 2 aromatic carbocycles. The Kier molecular flexibility index (Phi) is 8.76. The Hall–Kier alpha value is -3.02. The van der Waals surface area contributed by atoms with Crippen molar-refractivity contribution in [2.75, 3.05) is 26.7 Å². The van der Waals surface area contributed by atoms with Crippen LogP contribution in [0.25, 0.3) is 0 Å². The zero-order valence-electron chi connectivity index (χ0n) is 18.3. The Morgan fingerprint density at radius 2 is 1.68 bits per heavy atom. The summed E-state index contributed by atoms with van der Waals surface area (Å²) < 4.78 is 5.13. The summed E-state index contributed by atoms with van der Waals surface area (Å²) in [6.07, 6.45) is 5.35. The highest BCUT2D eigenvalue weighted by Gasteiger charge is 2.23. The van der Waals surface area contributed by atoms with Crippen molar-refractivity contribution in [3.05, 3.63) is 65.7 Å². The lowest BCUT2D eigenvalue weighted by Crippen LogP contribution is -2.38. The first kappa shape index (κ1) is 22.7. The predicted molar refractivity (Wildman–Crippen MR) is 122 cm³/mol. The van der Waals surface area contributed by atoms with E-state index < -0.39 is 0 Å². The largest absolute Gasteiger partial charge is 0.497 e. The van der Waals surface area contributed by atoms with Crippen LogP contribution in [0.5, 0.6) is 5.75 Å². The number of likely N-dealkylation sites (tertiary alicyclic amines) is 1. The summed E-state index contributed by atoms with van der Waals surface area (Å²) in [4.78, 5) is 26.4. The highest BCUT2D eigenvalue weighted by molar-refractivity contribution is 5.94. The summed E-state index contributed by atoms with van der Waals surface area (Å²) in [5.41, 5.74) is 1.81. The topological polar surface area (TPSA) is 70.7 Å². The number of unbranched alkanes of at least 4 members (excludes halogenated alkanes) is 1. The fourth-order valence-electron chi connectivity index (χ4n) is 3.94. The van der Waals surface area contributed by atoms with E-state index in [0.29, 0.717) is 19.0 Å². The van der Waals surface area contributed by atoms with Crippen LogP contribution < -0.4 is 15.4 Å². The fourth-order valence-corrected chi connectivity index (χ4v) is 3.94. The highest BCUT2D eigenvalue weighted by atomic mass is 16.5. The van der Waals surface area contributed by atoms with Gasteiger partial charge in [-0.1, -0.05) is 43.2 Å². The number of nitrogens with zero attached hydrogens (tertiary/aromatic N) is 1. The van der Waals surface area contributed by atoms with Crippen molar-refractivity contribution >= 4 is 11.9 Å². The minimum absolute atomic E-state index is 0.136. The summed E-state index contributed by atoms with van der Waals surface area (Å²) in [7, 11) is 1.64. The number of benzene rings is 2. The smallest absolute Gasteiger partial charge is 0.315 e.